The SMILES string of the molecule is CNC(=O)[C@@]1(Cc2ccccc2-c2cccs2)CCCN(C(=O)CCn2cccn2)C1. The maximum absolute atomic E-state index is 13.1. The standard InChI is InChI=1S/C24H28N4O2S/c1-25-23(30)24(17-19-7-2-3-8-20(19)21-9-4-16-31-21)11-5-13-27(18-24)22(29)10-15-28-14-6-12-26-28/h2-4,6-9,12,14,16H,5,10-11,13,15,17-18H2,1H3,(H,25,30)/t24-/m1/s1. The molecule has 0 bridgehead atoms. The Bertz CT molecular complexity index is 1020. The number of benzene rings is 1. The molecule has 7 heteroatoms. The molecule has 0 saturated carbocycles. The summed E-state index contributed by atoms with van der Waals surface area (Å²) in [5.41, 5.74) is 1.70. The molecule has 2 amide bonds. The van der Waals surface area contributed by atoms with Crippen molar-refractivity contribution in [3.8, 4) is 10.4 Å². The van der Waals surface area contributed by atoms with Gasteiger partial charge in [0.2, 0.25) is 11.8 Å². The van der Waals surface area contributed by atoms with Crippen LogP contribution in [0.3, 0.4) is 0 Å². The van der Waals surface area contributed by atoms with Gasteiger partial charge in [0.15, 0.2) is 0 Å². The van der Waals surface area contributed by atoms with Crippen LogP contribution in [0.1, 0.15) is 24.8 Å². The number of amides is 2. The van der Waals surface area contributed by atoms with Gasteiger partial charge in [0.25, 0.3) is 0 Å². The number of piperidine rings is 1. The van der Waals surface area contributed by atoms with Gasteiger partial charge in [-0.15, -0.1) is 11.3 Å². The number of nitrogens with zero attached hydrogens (tertiary/aromatic N) is 3. The van der Waals surface area contributed by atoms with Crippen molar-refractivity contribution in [1.82, 2.24) is 20.0 Å². The summed E-state index contributed by atoms with van der Waals surface area (Å²) < 4.78 is 1.77. The van der Waals surface area contributed by atoms with E-state index in [-0.39, 0.29) is 11.8 Å². The Morgan fingerprint density at radius 2 is 2.06 bits per heavy atom. The van der Waals surface area contributed by atoms with Crippen LogP contribution in [0.5, 0.6) is 0 Å². The van der Waals surface area contributed by atoms with Crippen molar-refractivity contribution >= 4 is 23.2 Å². The van der Waals surface area contributed by atoms with Crippen LogP contribution in [0, 0.1) is 5.41 Å². The summed E-state index contributed by atoms with van der Waals surface area (Å²) in [5.74, 6) is 0.0908. The van der Waals surface area contributed by atoms with Gasteiger partial charge in [-0.2, -0.15) is 5.10 Å². The number of rotatable bonds is 7. The van der Waals surface area contributed by atoms with Crippen LogP contribution < -0.4 is 5.32 Å². The van der Waals surface area contributed by atoms with E-state index in [1.54, 1.807) is 29.3 Å². The first-order valence-electron chi connectivity index (χ1n) is 10.7. The van der Waals surface area contributed by atoms with E-state index in [9.17, 15) is 9.59 Å². The molecular formula is C24H28N4O2S. The zero-order valence-electron chi connectivity index (χ0n) is 17.8. The fourth-order valence-corrected chi connectivity index (χ4v) is 5.32. The quantitative estimate of drug-likeness (QED) is 0.615. The zero-order valence-corrected chi connectivity index (χ0v) is 18.6. The Kier molecular flexibility index (Phi) is 6.51. The van der Waals surface area contributed by atoms with Crippen molar-refractivity contribution in [2.75, 3.05) is 20.1 Å². The van der Waals surface area contributed by atoms with Crippen molar-refractivity contribution < 1.29 is 9.59 Å². The fraction of sp³-hybridized carbons (Fsp3) is 0.375. The molecule has 31 heavy (non-hydrogen) atoms. The van der Waals surface area contributed by atoms with E-state index in [0.717, 1.165) is 18.4 Å². The molecule has 3 aromatic rings. The topological polar surface area (TPSA) is 67.2 Å². The molecule has 4 rings (SSSR count). The molecule has 2 aromatic heterocycles. The van der Waals surface area contributed by atoms with E-state index in [0.29, 0.717) is 32.5 Å². The van der Waals surface area contributed by atoms with Gasteiger partial charge in [-0.05, 0) is 47.9 Å². The van der Waals surface area contributed by atoms with Crippen molar-refractivity contribution in [1.29, 1.82) is 0 Å². The molecule has 1 atom stereocenters. The van der Waals surface area contributed by atoms with Crippen LogP contribution in [0.15, 0.2) is 60.2 Å². The zero-order chi connectivity index (χ0) is 21.7. The maximum Gasteiger partial charge on any atom is 0.228 e. The number of carbonyl (C=O) groups is 2. The molecule has 1 N–H and O–H groups in total. The molecule has 0 aliphatic carbocycles. The summed E-state index contributed by atoms with van der Waals surface area (Å²) in [4.78, 5) is 29.2. The number of thiophene rings is 1. The van der Waals surface area contributed by atoms with Crippen LogP contribution >= 0.6 is 11.3 Å². The molecule has 162 valence electrons. The minimum absolute atomic E-state index is 0.0121. The molecule has 0 unspecified atom stereocenters. The summed E-state index contributed by atoms with van der Waals surface area (Å²) >= 11 is 1.70. The highest BCUT2D eigenvalue weighted by molar-refractivity contribution is 7.13. The van der Waals surface area contributed by atoms with Gasteiger partial charge in [0.1, 0.15) is 0 Å². The molecule has 3 heterocycles. The highest BCUT2D eigenvalue weighted by Gasteiger charge is 2.43. The van der Waals surface area contributed by atoms with Gasteiger partial charge in [0, 0.05) is 50.4 Å². The van der Waals surface area contributed by atoms with E-state index in [2.05, 4.69) is 34.0 Å². The lowest BCUT2D eigenvalue weighted by atomic mass is 9.73. The fourth-order valence-electron chi connectivity index (χ4n) is 4.53. The number of nitrogens with one attached hydrogen (secondary N) is 1. The van der Waals surface area contributed by atoms with E-state index >= 15 is 0 Å². The third-order valence-electron chi connectivity index (χ3n) is 6.09. The summed E-state index contributed by atoms with van der Waals surface area (Å²) in [5, 5.41) is 9.12. The lowest BCUT2D eigenvalue weighted by Crippen LogP contribution is -2.54. The molecule has 1 fully saturated rings. The second kappa shape index (κ2) is 9.47. The number of likely N-dealkylation sites (tertiary alicyclic amines) is 1. The first-order valence-corrected chi connectivity index (χ1v) is 11.6. The number of carbonyl (C=O) groups excluding carboxylic acids is 2. The highest BCUT2D eigenvalue weighted by atomic mass is 32.1. The predicted molar refractivity (Wildman–Crippen MR) is 123 cm³/mol. The van der Waals surface area contributed by atoms with Crippen LogP contribution in [0.25, 0.3) is 10.4 Å². The van der Waals surface area contributed by atoms with E-state index < -0.39 is 5.41 Å². The van der Waals surface area contributed by atoms with E-state index in [1.165, 1.54) is 10.4 Å². The lowest BCUT2D eigenvalue weighted by molar-refractivity contribution is -0.141. The molecule has 0 radical (unpaired) electrons. The van der Waals surface area contributed by atoms with Gasteiger partial charge >= 0.3 is 0 Å². The maximum atomic E-state index is 13.1. The number of hydrogen-bond donors (Lipinski definition) is 1. The highest BCUT2D eigenvalue weighted by Crippen LogP contribution is 2.38. The monoisotopic (exact) mass is 436 g/mol. The normalized spacial score (nSPS) is 18.7. The summed E-state index contributed by atoms with van der Waals surface area (Å²) in [7, 11) is 1.69. The van der Waals surface area contributed by atoms with Crippen molar-refractivity contribution in [3.05, 3.63) is 65.8 Å². The van der Waals surface area contributed by atoms with Gasteiger partial charge in [-0.1, -0.05) is 30.3 Å². The molecule has 0 spiro atoms. The third-order valence-corrected chi connectivity index (χ3v) is 6.99. The summed E-state index contributed by atoms with van der Waals surface area (Å²) in [6.45, 7) is 1.70. The van der Waals surface area contributed by atoms with Crippen molar-refractivity contribution in [3.63, 3.8) is 0 Å². The Hall–Kier alpha value is -2.93. The average Bonchev–Trinajstić information content (AvgIpc) is 3.52. The largest absolute Gasteiger partial charge is 0.359 e. The number of aryl methyl sites for hydroxylation is 1. The second-order valence-corrected chi connectivity index (χ2v) is 9.06. The second-order valence-electron chi connectivity index (χ2n) is 8.11. The van der Waals surface area contributed by atoms with Crippen LogP contribution in [0.4, 0.5) is 0 Å². The molecular weight excluding hydrogens is 408 g/mol. The van der Waals surface area contributed by atoms with Gasteiger partial charge in [0.05, 0.1) is 5.41 Å². The Balaban J connectivity index is 1.55. The minimum Gasteiger partial charge on any atom is -0.359 e. The first-order chi connectivity index (χ1) is 15.1. The predicted octanol–water partition coefficient (Wildman–Crippen LogP) is 3.60. The van der Waals surface area contributed by atoms with Crippen molar-refractivity contribution in [2.24, 2.45) is 5.41 Å². The van der Waals surface area contributed by atoms with Gasteiger partial charge < -0.3 is 10.2 Å². The first kappa shape index (κ1) is 21.3. The van der Waals surface area contributed by atoms with Crippen LogP contribution in [-0.4, -0.2) is 46.6 Å². The smallest absolute Gasteiger partial charge is 0.228 e. The molecule has 1 aromatic carbocycles. The van der Waals surface area contributed by atoms with Crippen LogP contribution in [-0.2, 0) is 22.6 Å². The molecule has 1 saturated heterocycles. The molecule has 6 nitrogen and oxygen atoms in total. The Labute approximate surface area is 186 Å². The Morgan fingerprint density at radius 1 is 1.19 bits per heavy atom. The Morgan fingerprint density at radius 3 is 2.81 bits per heavy atom. The summed E-state index contributed by atoms with van der Waals surface area (Å²) in [6.07, 6.45) is 6.17. The van der Waals surface area contributed by atoms with Crippen LogP contribution in [0.2, 0.25) is 0 Å². The minimum atomic E-state index is -0.623. The van der Waals surface area contributed by atoms with E-state index in [1.807, 2.05) is 35.4 Å². The third kappa shape index (κ3) is 4.71. The van der Waals surface area contributed by atoms with Gasteiger partial charge in [-0.25, -0.2) is 0 Å². The summed E-state index contributed by atoms with van der Waals surface area (Å²) in [6, 6.07) is 14.3. The number of hydrogen-bond acceptors (Lipinski definition) is 4. The van der Waals surface area contributed by atoms with Crippen molar-refractivity contribution in [2.45, 2.75) is 32.2 Å². The molecule has 1 aliphatic heterocycles. The molecule has 1 aliphatic rings. The number of aromatic nitrogens is 2. The van der Waals surface area contributed by atoms with Gasteiger partial charge in [-0.3, -0.25) is 14.3 Å². The lowest BCUT2D eigenvalue weighted by Gasteiger charge is -2.42. The van der Waals surface area contributed by atoms with E-state index in [4.69, 9.17) is 0 Å². The average molecular weight is 437 g/mol.